The molecule has 4 heteroatoms. The van der Waals surface area contributed by atoms with Crippen LogP contribution in [-0.2, 0) is 4.74 Å². The minimum Gasteiger partial charge on any atom is -0.375 e. The Hall–Kier alpha value is -1.10. The standard InChI is InChI=1S/C22H33N3O/c1-16-2-6-20(7-3-16)24-10-8-18(9-11-24)23-19-12-21-15-26-22(17-4-5-17)14-25(21)13-19/h2-3,6-7,17-19,21-23H,4-5,8-15H2,1H3/t19-,21-,22+/m0/s1. The zero-order valence-electron chi connectivity index (χ0n) is 16.1. The number of anilines is 1. The van der Waals surface area contributed by atoms with Crippen LogP contribution in [-0.4, -0.2) is 61.9 Å². The van der Waals surface area contributed by atoms with Gasteiger partial charge >= 0.3 is 0 Å². The molecule has 0 spiro atoms. The largest absolute Gasteiger partial charge is 0.375 e. The number of fused-ring (bicyclic) bond motifs is 1. The Balaban J connectivity index is 1.10. The normalized spacial score (nSPS) is 33.4. The van der Waals surface area contributed by atoms with Gasteiger partial charge in [0.2, 0.25) is 0 Å². The maximum atomic E-state index is 6.15. The predicted molar refractivity (Wildman–Crippen MR) is 106 cm³/mol. The summed E-state index contributed by atoms with van der Waals surface area (Å²) in [5.74, 6) is 0.870. The van der Waals surface area contributed by atoms with E-state index in [0.29, 0.717) is 24.2 Å². The van der Waals surface area contributed by atoms with Crippen LogP contribution in [0.4, 0.5) is 5.69 Å². The van der Waals surface area contributed by atoms with Crippen molar-refractivity contribution in [2.75, 3.05) is 37.7 Å². The Morgan fingerprint density at radius 2 is 1.73 bits per heavy atom. The maximum absolute atomic E-state index is 6.15. The molecule has 1 aromatic rings. The third kappa shape index (κ3) is 3.64. The van der Waals surface area contributed by atoms with Crippen LogP contribution in [0.3, 0.4) is 0 Å². The van der Waals surface area contributed by atoms with Crippen LogP contribution >= 0.6 is 0 Å². The van der Waals surface area contributed by atoms with E-state index in [9.17, 15) is 0 Å². The summed E-state index contributed by atoms with van der Waals surface area (Å²) < 4.78 is 6.15. The van der Waals surface area contributed by atoms with Crippen molar-refractivity contribution in [2.45, 2.75) is 63.3 Å². The first-order valence-corrected chi connectivity index (χ1v) is 10.7. The Morgan fingerprint density at radius 1 is 0.962 bits per heavy atom. The maximum Gasteiger partial charge on any atom is 0.0731 e. The molecule has 0 amide bonds. The van der Waals surface area contributed by atoms with Crippen LogP contribution in [0.5, 0.6) is 0 Å². The van der Waals surface area contributed by atoms with E-state index in [0.717, 1.165) is 12.5 Å². The number of piperidine rings is 1. The molecule has 0 bridgehead atoms. The Kier molecular flexibility index (Phi) is 4.68. The number of hydrogen-bond donors (Lipinski definition) is 1. The minimum absolute atomic E-state index is 0.530. The minimum atomic E-state index is 0.530. The van der Waals surface area contributed by atoms with Gasteiger partial charge in [0.25, 0.3) is 0 Å². The fraction of sp³-hybridized carbons (Fsp3) is 0.727. The summed E-state index contributed by atoms with van der Waals surface area (Å²) >= 11 is 0. The van der Waals surface area contributed by atoms with Gasteiger partial charge in [-0.2, -0.15) is 0 Å². The second kappa shape index (κ2) is 7.14. The molecule has 0 radical (unpaired) electrons. The summed E-state index contributed by atoms with van der Waals surface area (Å²) in [5, 5.41) is 3.99. The monoisotopic (exact) mass is 355 g/mol. The first-order chi connectivity index (χ1) is 12.7. The molecule has 142 valence electrons. The first kappa shape index (κ1) is 17.0. The molecular weight excluding hydrogens is 322 g/mol. The number of rotatable bonds is 4. The van der Waals surface area contributed by atoms with Crippen LogP contribution in [0, 0.1) is 12.8 Å². The van der Waals surface area contributed by atoms with Gasteiger partial charge in [0.1, 0.15) is 0 Å². The van der Waals surface area contributed by atoms with Crippen molar-refractivity contribution in [3.05, 3.63) is 29.8 Å². The molecule has 0 aromatic heterocycles. The van der Waals surface area contributed by atoms with Gasteiger partial charge in [-0.25, -0.2) is 0 Å². The third-order valence-corrected chi connectivity index (χ3v) is 6.96. The van der Waals surface area contributed by atoms with Crippen molar-refractivity contribution in [1.29, 1.82) is 0 Å². The van der Waals surface area contributed by atoms with E-state index in [4.69, 9.17) is 4.74 Å². The number of benzene rings is 1. The molecule has 5 rings (SSSR count). The van der Waals surface area contributed by atoms with E-state index >= 15 is 0 Å². The van der Waals surface area contributed by atoms with Crippen molar-refractivity contribution in [3.63, 3.8) is 0 Å². The number of morpholine rings is 1. The lowest BCUT2D eigenvalue weighted by molar-refractivity contribution is -0.0581. The lowest BCUT2D eigenvalue weighted by Gasteiger charge is -2.35. The van der Waals surface area contributed by atoms with Crippen LogP contribution in [0.15, 0.2) is 24.3 Å². The third-order valence-electron chi connectivity index (χ3n) is 6.96. The number of nitrogens with one attached hydrogen (secondary N) is 1. The Labute approximate surface area is 157 Å². The van der Waals surface area contributed by atoms with Crippen LogP contribution in [0.1, 0.15) is 37.7 Å². The first-order valence-electron chi connectivity index (χ1n) is 10.7. The van der Waals surface area contributed by atoms with Crippen molar-refractivity contribution in [3.8, 4) is 0 Å². The number of aryl methyl sites for hydroxylation is 1. The topological polar surface area (TPSA) is 27.7 Å². The number of hydrogen-bond acceptors (Lipinski definition) is 4. The molecule has 3 aliphatic heterocycles. The second-order valence-corrected chi connectivity index (χ2v) is 9.01. The van der Waals surface area contributed by atoms with Crippen LogP contribution in [0.25, 0.3) is 0 Å². The summed E-state index contributed by atoms with van der Waals surface area (Å²) in [6.07, 6.45) is 7.11. The predicted octanol–water partition coefficient (Wildman–Crippen LogP) is 2.81. The molecule has 1 N–H and O–H groups in total. The number of nitrogens with zero attached hydrogens (tertiary/aromatic N) is 2. The lowest BCUT2D eigenvalue weighted by atomic mass is 10.0. The van der Waals surface area contributed by atoms with E-state index < -0.39 is 0 Å². The highest BCUT2D eigenvalue weighted by molar-refractivity contribution is 5.47. The molecule has 0 unspecified atom stereocenters. The quantitative estimate of drug-likeness (QED) is 0.899. The highest BCUT2D eigenvalue weighted by Crippen LogP contribution is 2.38. The van der Waals surface area contributed by atoms with Gasteiger partial charge in [-0.05, 0) is 57.1 Å². The van der Waals surface area contributed by atoms with Crippen molar-refractivity contribution >= 4 is 5.69 Å². The summed E-state index contributed by atoms with van der Waals surface area (Å²) in [4.78, 5) is 5.26. The molecule has 1 aromatic carbocycles. The lowest BCUT2D eigenvalue weighted by Crippen LogP contribution is -2.48. The van der Waals surface area contributed by atoms with Crippen molar-refractivity contribution in [1.82, 2.24) is 10.2 Å². The van der Waals surface area contributed by atoms with Gasteiger partial charge in [0, 0.05) is 50.0 Å². The number of ether oxygens (including phenoxy) is 1. The molecule has 3 saturated heterocycles. The van der Waals surface area contributed by atoms with E-state index in [1.165, 1.54) is 69.5 Å². The Bertz CT molecular complexity index is 606. The average Bonchev–Trinajstić information content (AvgIpc) is 3.43. The highest BCUT2D eigenvalue weighted by atomic mass is 16.5. The molecule has 3 heterocycles. The summed E-state index contributed by atoms with van der Waals surface area (Å²) in [6.45, 7) is 7.88. The second-order valence-electron chi connectivity index (χ2n) is 9.01. The molecule has 1 saturated carbocycles. The summed E-state index contributed by atoms with van der Waals surface area (Å²) in [7, 11) is 0. The average molecular weight is 356 g/mol. The van der Waals surface area contributed by atoms with Crippen LogP contribution in [0.2, 0.25) is 0 Å². The van der Waals surface area contributed by atoms with Gasteiger partial charge in [0.05, 0.1) is 12.7 Å². The van der Waals surface area contributed by atoms with Crippen molar-refractivity contribution in [2.24, 2.45) is 5.92 Å². The SMILES string of the molecule is Cc1ccc(N2CCC(N[C@H]3C[C@H]4CO[C@@H](C5CC5)CN4C3)CC2)cc1. The van der Waals surface area contributed by atoms with Gasteiger partial charge in [-0.15, -0.1) is 0 Å². The molecule has 1 aliphatic carbocycles. The van der Waals surface area contributed by atoms with Gasteiger partial charge in [-0.1, -0.05) is 17.7 Å². The van der Waals surface area contributed by atoms with Gasteiger partial charge < -0.3 is 15.0 Å². The molecule has 3 atom stereocenters. The molecule has 4 nitrogen and oxygen atoms in total. The van der Waals surface area contributed by atoms with E-state index in [-0.39, 0.29) is 0 Å². The van der Waals surface area contributed by atoms with E-state index in [2.05, 4.69) is 46.3 Å². The van der Waals surface area contributed by atoms with Crippen LogP contribution < -0.4 is 10.2 Å². The Morgan fingerprint density at radius 3 is 2.46 bits per heavy atom. The smallest absolute Gasteiger partial charge is 0.0731 e. The summed E-state index contributed by atoms with van der Waals surface area (Å²) in [5.41, 5.74) is 2.73. The van der Waals surface area contributed by atoms with Crippen molar-refractivity contribution < 1.29 is 4.74 Å². The van der Waals surface area contributed by atoms with Gasteiger partial charge in [0.15, 0.2) is 0 Å². The summed E-state index contributed by atoms with van der Waals surface area (Å²) in [6, 6.07) is 11.0. The highest BCUT2D eigenvalue weighted by Gasteiger charge is 2.42. The fourth-order valence-corrected chi connectivity index (χ4v) is 5.17. The molecule has 4 fully saturated rings. The molecule has 26 heavy (non-hydrogen) atoms. The van der Waals surface area contributed by atoms with E-state index in [1.54, 1.807) is 0 Å². The molecular formula is C22H33N3O. The zero-order chi connectivity index (χ0) is 17.5. The van der Waals surface area contributed by atoms with Gasteiger partial charge in [-0.3, -0.25) is 4.90 Å². The van der Waals surface area contributed by atoms with E-state index in [1.807, 2.05) is 0 Å². The zero-order valence-corrected chi connectivity index (χ0v) is 16.1. The fourth-order valence-electron chi connectivity index (χ4n) is 5.17. The molecule has 4 aliphatic rings.